The second-order valence-electron chi connectivity index (χ2n) is 4.23. The van der Waals surface area contributed by atoms with Crippen molar-refractivity contribution in [3.63, 3.8) is 0 Å². The molecule has 0 bridgehead atoms. The van der Waals surface area contributed by atoms with Gasteiger partial charge in [-0.05, 0) is 52.7 Å². The van der Waals surface area contributed by atoms with E-state index < -0.39 is 0 Å². The molecule has 2 aromatic rings. The summed E-state index contributed by atoms with van der Waals surface area (Å²) in [5.74, 6) is 0. The van der Waals surface area contributed by atoms with Crippen molar-refractivity contribution in [1.82, 2.24) is 15.3 Å². The fourth-order valence-electron chi connectivity index (χ4n) is 1.92. The summed E-state index contributed by atoms with van der Waals surface area (Å²) in [4.78, 5) is 8.58. The molecule has 100 valence electrons. The predicted molar refractivity (Wildman–Crippen MR) is 81.3 cm³/mol. The van der Waals surface area contributed by atoms with Crippen LogP contribution in [0.5, 0.6) is 0 Å². The smallest absolute Gasteiger partial charge is 0.0589 e. The van der Waals surface area contributed by atoms with Crippen LogP contribution in [0.1, 0.15) is 24.2 Å². The third-order valence-corrected chi connectivity index (χ3v) is 3.42. The number of rotatable bonds is 5. The minimum absolute atomic E-state index is 0.165. The van der Waals surface area contributed by atoms with Gasteiger partial charge >= 0.3 is 0 Å². The molecule has 1 unspecified atom stereocenters. The van der Waals surface area contributed by atoms with Crippen LogP contribution >= 0.6 is 27.5 Å². The van der Waals surface area contributed by atoms with Crippen LogP contribution < -0.4 is 5.32 Å². The summed E-state index contributed by atoms with van der Waals surface area (Å²) < 4.78 is 0.990. The molecule has 0 saturated carbocycles. The van der Waals surface area contributed by atoms with E-state index in [1.54, 1.807) is 12.4 Å². The number of pyridine rings is 2. The van der Waals surface area contributed by atoms with Crippen LogP contribution in [0.4, 0.5) is 0 Å². The van der Waals surface area contributed by atoms with Crippen molar-refractivity contribution in [2.24, 2.45) is 0 Å². The molecule has 2 rings (SSSR count). The molecule has 2 heterocycles. The first-order valence-corrected chi connectivity index (χ1v) is 7.30. The Hall–Kier alpha value is -0.970. The van der Waals surface area contributed by atoms with Crippen LogP contribution in [0.15, 0.2) is 41.3 Å². The Kier molecular flexibility index (Phi) is 5.31. The number of nitrogens with one attached hydrogen (secondary N) is 1. The Balaban J connectivity index is 2.18. The molecule has 0 fully saturated rings. The van der Waals surface area contributed by atoms with Gasteiger partial charge in [0.2, 0.25) is 0 Å². The molecule has 3 nitrogen and oxygen atoms in total. The van der Waals surface area contributed by atoms with E-state index in [1.165, 1.54) is 0 Å². The van der Waals surface area contributed by atoms with Crippen molar-refractivity contribution in [2.45, 2.75) is 19.4 Å². The van der Waals surface area contributed by atoms with Crippen molar-refractivity contribution < 1.29 is 0 Å². The van der Waals surface area contributed by atoms with E-state index in [1.807, 2.05) is 18.3 Å². The molecule has 0 aliphatic heterocycles. The van der Waals surface area contributed by atoms with Crippen LogP contribution in [0.3, 0.4) is 0 Å². The Morgan fingerprint density at radius 2 is 2.16 bits per heavy atom. The number of nitrogens with zero attached hydrogens (tertiary/aromatic N) is 2. The first-order chi connectivity index (χ1) is 9.19. The third-order valence-electron chi connectivity index (χ3n) is 2.76. The maximum absolute atomic E-state index is 5.88. The number of hydrogen-bond acceptors (Lipinski definition) is 3. The van der Waals surface area contributed by atoms with E-state index in [0.29, 0.717) is 5.02 Å². The highest BCUT2D eigenvalue weighted by atomic mass is 79.9. The molecule has 0 aliphatic rings. The number of hydrogen-bond donors (Lipinski definition) is 1. The maximum Gasteiger partial charge on any atom is 0.0589 e. The van der Waals surface area contributed by atoms with Gasteiger partial charge in [-0.15, -0.1) is 0 Å². The Labute approximate surface area is 126 Å². The van der Waals surface area contributed by atoms with Gasteiger partial charge in [-0.3, -0.25) is 9.97 Å². The van der Waals surface area contributed by atoms with Crippen molar-refractivity contribution in [1.29, 1.82) is 0 Å². The molecule has 5 heteroatoms. The van der Waals surface area contributed by atoms with Gasteiger partial charge in [-0.2, -0.15) is 0 Å². The zero-order valence-electron chi connectivity index (χ0n) is 10.6. The van der Waals surface area contributed by atoms with E-state index >= 15 is 0 Å². The highest BCUT2D eigenvalue weighted by molar-refractivity contribution is 9.10. The lowest BCUT2D eigenvalue weighted by Gasteiger charge is -2.17. The fraction of sp³-hybridized carbons (Fsp3) is 0.286. The molecule has 1 N–H and O–H groups in total. The van der Waals surface area contributed by atoms with Crippen LogP contribution in [0.2, 0.25) is 5.02 Å². The molecule has 0 saturated heterocycles. The van der Waals surface area contributed by atoms with E-state index in [2.05, 4.69) is 44.2 Å². The minimum atomic E-state index is 0.165. The zero-order chi connectivity index (χ0) is 13.7. The summed E-state index contributed by atoms with van der Waals surface area (Å²) in [6.07, 6.45) is 6.19. The summed E-state index contributed by atoms with van der Waals surface area (Å²) in [5, 5.41) is 4.09. The second-order valence-corrected chi connectivity index (χ2v) is 5.58. The van der Waals surface area contributed by atoms with Gasteiger partial charge in [0.05, 0.1) is 16.8 Å². The quantitative estimate of drug-likeness (QED) is 0.900. The molecular formula is C14H15BrClN3. The summed E-state index contributed by atoms with van der Waals surface area (Å²) in [6.45, 7) is 2.97. The predicted octanol–water partition coefficient (Wildman–Crippen LogP) is 3.79. The van der Waals surface area contributed by atoms with Gasteiger partial charge in [-0.25, -0.2) is 0 Å². The molecule has 1 atom stereocenters. The zero-order valence-corrected chi connectivity index (χ0v) is 12.9. The molecule has 0 spiro atoms. The highest BCUT2D eigenvalue weighted by Crippen LogP contribution is 2.19. The lowest BCUT2D eigenvalue weighted by atomic mass is 10.0. The summed E-state index contributed by atoms with van der Waals surface area (Å²) in [5.41, 5.74) is 2.16. The van der Waals surface area contributed by atoms with Gasteiger partial charge in [0.1, 0.15) is 0 Å². The number of likely N-dealkylation sites (N-methyl/N-ethyl adjacent to an activating group) is 1. The maximum atomic E-state index is 5.88. The van der Waals surface area contributed by atoms with Gasteiger partial charge < -0.3 is 5.32 Å². The van der Waals surface area contributed by atoms with E-state index in [0.717, 1.165) is 28.7 Å². The summed E-state index contributed by atoms with van der Waals surface area (Å²) >= 11 is 9.32. The largest absolute Gasteiger partial charge is 0.309 e. The van der Waals surface area contributed by atoms with Crippen molar-refractivity contribution in [2.75, 3.05) is 6.54 Å². The van der Waals surface area contributed by atoms with Crippen LogP contribution in [-0.2, 0) is 6.42 Å². The molecule has 19 heavy (non-hydrogen) atoms. The first kappa shape index (κ1) is 14.4. The molecule has 0 radical (unpaired) electrons. The summed E-state index contributed by atoms with van der Waals surface area (Å²) in [6, 6.07) is 6.07. The molecular weight excluding hydrogens is 326 g/mol. The fourth-order valence-corrected chi connectivity index (χ4v) is 2.45. The van der Waals surface area contributed by atoms with Gasteiger partial charge in [-0.1, -0.05) is 18.5 Å². The highest BCUT2D eigenvalue weighted by Gasteiger charge is 2.13. The van der Waals surface area contributed by atoms with Crippen LogP contribution in [0.25, 0.3) is 0 Å². The standard InChI is InChI=1S/C14H15BrClN3/c1-2-18-14(13-4-3-12(16)9-19-13)6-10-5-11(15)8-17-7-10/h3-5,7-9,14,18H,2,6H2,1H3. The second kappa shape index (κ2) is 6.98. The first-order valence-electron chi connectivity index (χ1n) is 6.13. The number of aromatic nitrogens is 2. The molecule has 0 aliphatic carbocycles. The molecule has 0 aromatic carbocycles. The van der Waals surface area contributed by atoms with Crippen molar-refractivity contribution in [3.8, 4) is 0 Å². The van der Waals surface area contributed by atoms with Gasteiger partial charge in [0.25, 0.3) is 0 Å². The Bertz CT molecular complexity index is 530. The SMILES string of the molecule is CCNC(Cc1cncc(Br)c1)c1ccc(Cl)cn1. The van der Waals surface area contributed by atoms with Gasteiger partial charge in [0, 0.05) is 23.1 Å². The number of halogens is 2. The Morgan fingerprint density at radius 3 is 2.79 bits per heavy atom. The topological polar surface area (TPSA) is 37.8 Å². The molecule has 0 amide bonds. The minimum Gasteiger partial charge on any atom is -0.309 e. The lowest BCUT2D eigenvalue weighted by molar-refractivity contribution is 0.536. The monoisotopic (exact) mass is 339 g/mol. The van der Waals surface area contributed by atoms with Gasteiger partial charge in [0.15, 0.2) is 0 Å². The molecule has 2 aromatic heterocycles. The average molecular weight is 341 g/mol. The lowest BCUT2D eigenvalue weighted by Crippen LogP contribution is -2.23. The summed E-state index contributed by atoms with van der Waals surface area (Å²) in [7, 11) is 0. The third kappa shape index (κ3) is 4.27. The van der Waals surface area contributed by atoms with Crippen molar-refractivity contribution >= 4 is 27.5 Å². The van der Waals surface area contributed by atoms with Crippen LogP contribution in [-0.4, -0.2) is 16.5 Å². The van der Waals surface area contributed by atoms with Crippen LogP contribution in [0, 0.1) is 0 Å². The van der Waals surface area contributed by atoms with E-state index in [9.17, 15) is 0 Å². The Morgan fingerprint density at radius 1 is 1.32 bits per heavy atom. The van der Waals surface area contributed by atoms with Crippen molar-refractivity contribution in [3.05, 3.63) is 57.5 Å². The average Bonchev–Trinajstić information content (AvgIpc) is 2.39. The normalized spacial score (nSPS) is 12.4. The van der Waals surface area contributed by atoms with E-state index in [-0.39, 0.29) is 6.04 Å². The van der Waals surface area contributed by atoms with E-state index in [4.69, 9.17) is 11.6 Å².